The number of hydrogen-bond donors (Lipinski definition) is 1. The van der Waals surface area contributed by atoms with E-state index >= 15 is 0 Å². The van der Waals surface area contributed by atoms with Crippen molar-refractivity contribution in [3.8, 4) is 5.75 Å². The van der Waals surface area contributed by atoms with Crippen LogP contribution in [0.25, 0.3) is 0 Å². The lowest BCUT2D eigenvalue weighted by molar-refractivity contribution is -0.137. The van der Waals surface area contributed by atoms with Gasteiger partial charge in [0.1, 0.15) is 12.4 Å². The molecule has 2 aromatic rings. The number of rotatable bonds is 9. The van der Waals surface area contributed by atoms with Gasteiger partial charge in [0.15, 0.2) is 0 Å². The summed E-state index contributed by atoms with van der Waals surface area (Å²) in [6, 6.07) is 11.6. The summed E-state index contributed by atoms with van der Waals surface area (Å²) in [5.41, 5.74) is 2.55. The molecule has 1 N–H and O–H groups in total. The lowest BCUT2D eigenvalue weighted by Crippen LogP contribution is -2.13. The fourth-order valence-electron chi connectivity index (χ4n) is 2.75. The number of hydrogen-bond acceptors (Lipinski definition) is 3. The number of benzene rings is 2. The van der Waals surface area contributed by atoms with Crippen LogP contribution in [-0.2, 0) is 12.6 Å². The number of aryl methyl sites for hydroxylation is 2. The van der Waals surface area contributed by atoms with Gasteiger partial charge in [-0.15, -0.1) is 0 Å². The molecule has 6 heteroatoms. The average Bonchev–Trinajstić information content (AvgIpc) is 2.61. The van der Waals surface area contributed by atoms with Crippen LogP contribution in [0.4, 0.5) is 18.9 Å². The maximum Gasteiger partial charge on any atom is 0.416 e. The van der Waals surface area contributed by atoms with Crippen LogP contribution in [0.5, 0.6) is 5.75 Å². The fraction of sp³-hybridized carbons (Fsp3) is 0.364. The largest absolute Gasteiger partial charge is 0.487 e. The summed E-state index contributed by atoms with van der Waals surface area (Å²) in [5, 5.41) is 3.16. The third-order valence-electron chi connectivity index (χ3n) is 4.25. The first-order valence-electron chi connectivity index (χ1n) is 9.14. The second-order valence-corrected chi connectivity index (χ2v) is 7.10. The van der Waals surface area contributed by atoms with E-state index in [1.807, 2.05) is 12.1 Å². The molecule has 0 fully saturated rings. The molecule has 0 unspecified atom stereocenters. The van der Waals surface area contributed by atoms with Crippen molar-refractivity contribution in [1.29, 1.82) is 0 Å². The van der Waals surface area contributed by atoms with Gasteiger partial charge in [-0.25, -0.2) is 0 Å². The lowest BCUT2D eigenvalue weighted by atomic mass is 10.1. The molecule has 0 aliphatic carbocycles. The van der Waals surface area contributed by atoms with Crippen molar-refractivity contribution in [3.05, 3.63) is 71.4 Å². The Morgan fingerprint density at radius 2 is 1.79 bits per heavy atom. The van der Waals surface area contributed by atoms with Crippen LogP contribution < -0.4 is 10.1 Å². The first-order valence-corrected chi connectivity index (χ1v) is 9.14. The Bertz CT molecular complexity index is 783. The molecule has 0 bridgehead atoms. The Hall–Kier alpha value is -2.47. The summed E-state index contributed by atoms with van der Waals surface area (Å²) in [6.07, 6.45) is -2.23. The van der Waals surface area contributed by atoms with Crippen molar-refractivity contribution < 1.29 is 17.9 Å². The number of alkyl halides is 3. The molecule has 0 saturated heterocycles. The molecule has 0 spiro atoms. The van der Waals surface area contributed by atoms with Crippen molar-refractivity contribution in [1.82, 2.24) is 4.90 Å². The predicted octanol–water partition coefficient (Wildman–Crippen LogP) is 5.51. The molecule has 2 rings (SSSR count). The van der Waals surface area contributed by atoms with Crippen LogP contribution in [0.15, 0.2) is 54.7 Å². The molecular weight excluding hydrogens is 365 g/mol. The summed E-state index contributed by atoms with van der Waals surface area (Å²) in [7, 11) is 4.12. The van der Waals surface area contributed by atoms with E-state index in [2.05, 4.69) is 43.0 Å². The van der Waals surface area contributed by atoms with E-state index in [1.165, 1.54) is 11.6 Å². The molecule has 152 valence electrons. The molecule has 0 atom stereocenters. The number of nitrogens with zero attached hydrogens (tertiary/aromatic N) is 1. The first kappa shape index (κ1) is 21.8. The second-order valence-electron chi connectivity index (χ2n) is 7.10. The van der Waals surface area contributed by atoms with Crippen LogP contribution in [0.3, 0.4) is 0 Å². The van der Waals surface area contributed by atoms with E-state index in [4.69, 9.17) is 4.74 Å². The highest BCUT2D eigenvalue weighted by Gasteiger charge is 2.30. The summed E-state index contributed by atoms with van der Waals surface area (Å²) < 4.78 is 43.8. The normalized spacial score (nSPS) is 11.5. The zero-order valence-corrected chi connectivity index (χ0v) is 16.6. The summed E-state index contributed by atoms with van der Waals surface area (Å²) in [4.78, 5) is 2.16. The first-order chi connectivity index (χ1) is 13.1. The van der Waals surface area contributed by atoms with Gasteiger partial charge >= 0.3 is 6.18 Å². The molecule has 28 heavy (non-hydrogen) atoms. The zero-order chi connectivity index (χ0) is 20.7. The van der Waals surface area contributed by atoms with E-state index in [0.717, 1.165) is 37.2 Å². The monoisotopic (exact) mass is 392 g/mol. The minimum Gasteiger partial charge on any atom is -0.487 e. The quantitative estimate of drug-likeness (QED) is 0.609. The van der Waals surface area contributed by atoms with Gasteiger partial charge in [0.05, 0.1) is 5.56 Å². The van der Waals surface area contributed by atoms with Crippen LogP contribution in [-0.4, -0.2) is 32.1 Å². The van der Waals surface area contributed by atoms with Gasteiger partial charge in [-0.05, 0) is 81.9 Å². The average molecular weight is 392 g/mol. The Morgan fingerprint density at radius 3 is 2.36 bits per heavy atom. The topological polar surface area (TPSA) is 24.5 Å². The highest BCUT2D eigenvalue weighted by molar-refractivity contribution is 5.49. The van der Waals surface area contributed by atoms with Crippen LogP contribution in [0.1, 0.15) is 23.1 Å². The molecule has 0 amide bonds. The predicted molar refractivity (Wildman–Crippen MR) is 108 cm³/mol. The van der Waals surface area contributed by atoms with Crippen LogP contribution >= 0.6 is 0 Å². The molecule has 0 radical (unpaired) electrons. The van der Waals surface area contributed by atoms with Crippen molar-refractivity contribution >= 4 is 5.69 Å². The van der Waals surface area contributed by atoms with E-state index in [-0.39, 0.29) is 6.61 Å². The Morgan fingerprint density at radius 1 is 1.11 bits per heavy atom. The van der Waals surface area contributed by atoms with E-state index < -0.39 is 11.7 Å². The summed E-state index contributed by atoms with van der Waals surface area (Å²) in [5.74, 6) is 0.409. The van der Waals surface area contributed by atoms with E-state index in [0.29, 0.717) is 17.0 Å². The van der Waals surface area contributed by atoms with Gasteiger partial charge in [-0.1, -0.05) is 18.7 Å². The van der Waals surface area contributed by atoms with Gasteiger partial charge in [0, 0.05) is 11.4 Å². The number of halogens is 3. The standard InChI is InChI=1S/C22H27F3N2O/c1-16-14-19(22(23,24)25)9-12-21(16)28-15-17(2)26-20-10-7-18(8-11-20)6-5-13-27(3)4/h7-12,14,26H,2,5-6,13,15H2,1,3-4H3. The Kier molecular flexibility index (Phi) is 7.52. The SMILES string of the molecule is C=C(COc1ccc(C(F)(F)F)cc1C)Nc1ccc(CCCN(C)C)cc1. The van der Waals surface area contributed by atoms with Crippen LogP contribution in [0, 0.1) is 6.92 Å². The van der Waals surface area contributed by atoms with Gasteiger partial charge in [0.25, 0.3) is 0 Å². The molecule has 3 nitrogen and oxygen atoms in total. The number of nitrogens with one attached hydrogen (secondary N) is 1. The molecule has 2 aromatic carbocycles. The highest BCUT2D eigenvalue weighted by Crippen LogP contribution is 2.32. The molecule has 0 heterocycles. The van der Waals surface area contributed by atoms with Crippen molar-refractivity contribution in [2.75, 3.05) is 32.6 Å². The minimum absolute atomic E-state index is 0.163. The third-order valence-corrected chi connectivity index (χ3v) is 4.25. The van der Waals surface area contributed by atoms with Gasteiger partial charge < -0.3 is 15.0 Å². The molecule has 0 aromatic heterocycles. The molecule has 0 aliphatic rings. The van der Waals surface area contributed by atoms with E-state index in [9.17, 15) is 13.2 Å². The summed E-state index contributed by atoms with van der Waals surface area (Å²) >= 11 is 0. The van der Waals surface area contributed by atoms with Crippen molar-refractivity contribution in [2.24, 2.45) is 0 Å². The maximum atomic E-state index is 12.7. The minimum atomic E-state index is -4.35. The highest BCUT2D eigenvalue weighted by atomic mass is 19.4. The fourth-order valence-corrected chi connectivity index (χ4v) is 2.75. The number of anilines is 1. The second kappa shape index (κ2) is 9.64. The van der Waals surface area contributed by atoms with Crippen molar-refractivity contribution in [2.45, 2.75) is 25.9 Å². The summed E-state index contributed by atoms with van der Waals surface area (Å²) in [6.45, 7) is 6.73. The number of ether oxygens (including phenoxy) is 1. The lowest BCUT2D eigenvalue weighted by Gasteiger charge is -2.15. The van der Waals surface area contributed by atoms with Gasteiger partial charge in [0.2, 0.25) is 0 Å². The smallest absolute Gasteiger partial charge is 0.416 e. The molecule has 0 saturated carbocycles. The maximum absolute atomic E-state index is 12.7. The third kappa shape index (κ3) is 6.93. The Labute approximate surface area is 164 Å². The van der Waals surface area contributed by atoms with E-state index in [1.54, 1.807) is 6.92 Å². The van der Waals surface area contributed by atoms with Gasteiger partial charge in [-0.2, -0.15) is 13.2 Å². The zero-order valence-electron chi connectivity index (χ0n) is 16.6. The van der Waals surface area contributed by atoms with Crippen LogP contribution in [0.2, 0.25) is 0 Å². The molecule has 0 aliphatic heterocycles. The van der Waals surface area contributed by atoms with Crippen molar-refractivity contribution in [3.63, 3.8) is 0 Å². The molecular formula is C22H27F3N2O. The Balaban J connectivity index is 1.84. The van der Waals surface area contributed by atoms with Gasteiger partial charge in [-0.3, -0.25) is 0 Å².